The van der Waals surface area contributed by atoms with Crippen LogP contribution in [0.15, 0.2) is 0 Å². The van der Waals surface area contributed by atoms with Crippen molar-refractivity contribution in [3.05, 3.63) is 0 Å². The van der Waals surface area contributed by atoms with E-state index in [0.29, 0.717) is 0 Å². The van der Waals surface area contributed by atoms with Crippen molar-refractivity contribution in [2.75, 3.05) is 41.3 Å². The molecule has 0 aliphatic heterocycles. The van der Waals surface area contributed by atoms with Gasteiger partial charge in [0.25, 0.3) is 10.0 Å². The van der Waals surface area contributed by atoms with Gasteiger partial charge >= 0.3 is 35.1 Å². The molecule has 0 aromatic rings. The Labute approximate surface area is 168 Å². The molecule has 18 heteroatoms. The molecule has 0 amide bonds. The third-order valence-corrected chi connectivity index (χ3v) is 5.85. The first-order valence-electron chi connectivity index (χ1n) is 7.85. The van der Waals surface area contributed by atoms with E-state index in [0.717, 1.165) is 0 Å². The van der Waals surface area contributed by atoms with Gasteiger partial charge in [-0.2, -0.15) is 61.4 Å². The molecule has 0 saturated heterocycles. The fraction of sp³-hybridized carbons (Fsp3) is 1.00. The molecule has 0 unspecified atom stereocenters. The summed E-state index contributed by atoms with van der Waals surface area (Å²) in [6, 6.07) is 0. The first-order chi connectivity index (χ1) is 13.1. The van der Waals surface area contributed by atoms with Crippen LogP contribution in [-0.2, 0) is 10.0 Å². The van der Waals surface area contributed by atoms with Crippen LogP contribution in [0.4, 0.5) is 57.1 Å². The monoisotopic (exact) mass is 513 g/mol. The lowest BCUT2D eigenvalue weighted by Gasteiger charge is -2.40. The van der Waals surface area contributed by atoms with Crippen molar-refractivity contribution in [3.8, 4) is 0 Å². The number of hydrogen-bond donors (Lipinski definition) is 0. The van der Waals surface area contributed by atoms with E-state index < -0.39 is 56.0 Å². The van der Waals surface area contributed by atoms with Gasteiger partial charge in [0, 0.05) is 20.0 Å². The Balaban J connectivity index is 6.27. The molecule has 0 aromatic carbocycles. The minimum Gasteiger partial charge on any atom is -0.331 e. The second-order valence-corrected chi connectivity index (χ2v) is 9.59. The number of quaternary nitrogens is 1. The van der Waals surface area contributed by atoms with Crippen molar-refractivity contribution in [3.63, 3.8) is 0 Å². The summed E-state index contributed by atoms with van der Waals surface area (Å²) in [7, 11) is -2.17. The van der Waals surface area contributed by atoms with E-state index in [9.17, 15) is 65.5 Å². The zero-order chi connectivity index (χ0) is 25.7. The van der Waals surface area contributed by atoms with Gasteiger partial charge in [0.15, 0.2) is 0 Å². The SMILES string of the molecule is CN(CCC[N+](C)(C)C)S(=O)(=O)C(F)(F)C(F)(F)C(F)(F)C(F)(F)C(F)(F)C(F)(F)F. The summed E-state index contributed by atoms with van der Waals surface area (Å²) in [5.74, 6) is -32.1. The van der Waals surface area contributed by atoms with E-state index in [1.54, 1.807) is 0 Å². The van der Waals surface area contributed by atoms with Crippen LogP contribution in [-0.4, -0.2) is 93.6 Å². The molecule has 0 rings (SSSR count). The van der Waals surface area contributed by atoms with Crippen LogP contribution in [0.1, 0.15) is 6.42 Å². The Kier molecular flexibility index (Phi) is 7.80. The fourth-order valence-electron chi connectivity index (χ4n) is 2.00. The predicted octanol–water partition coefficient (Wildman–Crippen LogP) is 4.04. The van der Waals surface area contributed by atoms with Gasteiger partial charge in [-0.25, -0.2) is 8.42 Å². The highest BCUT2D eigenvalue weighted by Crippen LogP contribution is 2.61. The van der Waals surface area contributed by atoms with Crippen LogP contribution >= 0.6 is 0 Å². The first-order valence-corrected chi connectivity index (χ1v) is 9.29. The maximum absolute atomic E-state index is 13.9. The number of rotatable bonds is 10. The van der Waals surface area contributed by atoms with Crippen molar-refractivity contribution < 1.29 is 70.0 Å². The van der Waals surface area contributed by atoms with Crippen LogP contribution in [0, 0.1) is 0 Å². The molecule has 0 heterocycles. The summed E-state index contributed by atoms with van der Waals surface area (Å²) < 4.78 is 193. The van der Waals surface area contributed by atoms with Crippen molar-refractivity contribution in [2.24, 2.45) is 0 Å². The zero-order valence-electron chi connectivity index (χ0n) is 16.2. The summed E-state index contributed by atoms with van der Waals surface area (Å²) in [6.45, 7) is -1.00. The average molecular weight is 513 g/mol. The highest BCUT2D eigenvalue weighted by Gasteiger charge is 2.92. The zero-order valence-corrected chi connectivity index (χ0v) is 17.0. The molecule has 0 atom stereocenters. The van der Waals surface area contributed by atoms with Crippen LogP contribution < -0.4 is 0 Å². The number of alkyl halides is 13. The minimum absolute atomic E-state index is 0.0217. The topological polar surface area (TPSA) is 37.4 Å². The first kappa shape index (κ1) is 30.0. The summed E-state index contributed by atoms with van der Waals surface area (Å²) >= 11 is 0. The van der Waals surface area contributed by atoms with Crippen molar-refractivity contribution >= 4 is 10.0 Å². The maximum atomic E-state index is 13.9. The normalized spacial score (nSPS) is 16.2. The third kappa shape index (κ3) is 4.84. The van der Waals surface area contributed by atoms with Crippen LogP contribution in [0.25, 0.3) is 0 Å². The molecule has 0 aliphatic carbocycles. The summed E-state index contributed by atoms with van der Waals surface area (Å²) in [4.78, 5) is 0. The lowest BCUT2D eigenvalue weighted by atomic mass is 9.98. The van der Waals surface area contributed by atoms with Crippen LogP contribution in [0.3, 0.4) is 0 Å². The van der Waals surface area contributed by atoms with E-state index in [4.69, 9.17) is 0 Å². The predicted molar refractivity (Wildman–Crippen MR) is 79.9 cm³/mol. The quantitative estimate of drug-likeness (QED) is 0.327. The van der Waals surface area contributed by atoms with E-state index in [1.165, 1.54) is 21.1 Å². The highest BCUT2D eigenvalue weighted by molar-refractivity contribution is 7.90. The Bertz CT molecular complexity index is 741. The summed E-state index contributed by atoms with van der Waals surface area (Å²) in [5, 5.41) is -7.19. The van der Waals surface area contributed by atoms with E-state index in [1.807, 2.05) is 0 Å². The number of hydrogen-bond acceptors (Lipinski definition) is 2. The Morgan fingerprint density at radius 3 is 1.35 bits per heavy atom. The van der Waals surface area contributed by atoms with Gasteiger partial charge < -0.3 is 4.48 Å². The molecular weight excluding hydrogens is 495 g/mol. The Hall–Kier alpha value is -1.04. The molecule has 0 N–H and O–H groups in total. The van der Waals surface area contributed by atoms with Gasteiger partial charge in [0.1, 0.15) is 0 Å². The van der Waals surface area contributed by atoms with Crippen molar-refractivity contribution in [1.82, 2.24) is 4.31 Å². The Morgan fingerprint density at radius 2 is 1.03 bits per heavy atom. The van der Waals surface area contributed by atoms with Gasteiger partial charge in [-0.3, -0.25) is 0 Å². The molecule has 31 heavy (non-hydrogen) atoms. The van der Waals surface area contributed by atoms with E-state index in [-0.39, 0.29) is 24.5 Å². The molecular formula is C13H18F13N2O2S+. The van der Waals surface area contributed by atoms with Gasteiger partial charge in [0.2, 0.25) is 0 Å². The highest BCUT2D eigenvalue weighted by atomic mass is 32.2. The molecule has 0 aliphatic rings. The van der Waals surface area contributed by atoms with Gasteiger partial charge in [0.05, 0.1) is 27.7 Å². The van der Waals surface area contributed by atoms with Crippen LogP contribution in [0.2, 0.25) is 0 Å². The molecule has 0 saturated carbocycles. The summed E-state index contributed by atoms with van der Waals surface area (Å²) in [5.41, 5.74) is 0. The molecule has 0 spiro atoms. The lowest BCUT2D eigenvalue weighted by molar-refractivity contribution is -0.870. The minimum atomic E-state index is -8.15. The van der Waals surface area contributed by atoms with Gasteiger partial charge in [-0.05, 0) is 0 Å². The standard InChI is InChI=1S/C13H18F13N2O2S/c1-27(6-5-7-28(2,3)4)31(29,30)13(25,26)11(20,21)9(16,17)8(14,15)10(18,19)12(22,23)24/h5-7H2,1-4H3/q+1. The maximum Gasteiger partial charge on any atom is 0.460 e. The van der Waals surface area contributed by atoms with E-state index in [2.05, 4.69) is 0 Å². The molecule has 188 valence electrons. The number of sulfonamides is 1. The van der Waals surface area contributed by atoms with Gasteiger partial charge in [-0.1, -0.05) is 0 Å². The lowest BCUT2D eigenvalue weighted by Crippen LogP contribution is -2.71. The second kappa shape index (κ2) is 8.07. The molecule has 0 fully saturated rings. The molecule has 0 radical (unpaired) electrons. The molecule has 4 nitrogen and oxygen atoms in total. The van der Waals surface area contributed by atoms with Gasteiger partial charge in [-0.15, -0.1) is 0 Å². The Morgan fingerprint density at radius 1 is 0.677 bits per heavy atom. The number of nitrogens with zero attached hydrogens (tertiary/aromatic N) is 2. The van der Waals surface area contributed by atoms with Crippen molar-refractivity contribution in [2.45, 2.75) is 41.5 Å². The third-order valence-electron chi connectivity index (χ3n) is 3.94. The van der Waals surface area contributed by atoms with Crippen LogP contribution in [0.5, 0.6) is 0 Å². The van der Waals surface area contributed by atoms with E-state index >= 15 is 0 Å². The fourth-order valence-corrected chi connectivity index (χ4v) is 3.21. The smallest absolute Gasteiger partial charge is 0.331 e. The second-order valence-electron chi connectivity index (χ2n) is 7.51. The number of halogens is 13. The average Bonchev–Trinajstić information content (AvgIpc) is 2.51. The molecule has 0 aromatic heterocycles. The van der Waals surface area contributed by atoms with Crippen molar-refractivity contribution in [1.29, 1.82) is 0 Å². The molecule has 0 bridgehead atoms. The largest absolute Gasteiger partial charge is 0.460 e. The summed E-state index contributed by atoms with van der Waals surface area (Å²) in [6.07, 6.45) is -7.90.